The quantitative estimate of drug-likeness (QED) is 0.767. The number of aromatic nitrogens is 6. The molecule has 3 rings (SSSR count). The molecule has 0 aliphatic rings. The fourth-order valence-electron chi connectivity index (χ4n) is 1.79. The molecule has 0 atom stereocenters. The molecular weight excluding hydrogens is 338 g/mol. The van der Waals surface area contributed by atoms with Crippen molar-refractivity contribution < 1.29 is 4.79 Å². The van der Waals surface area contributed by atoms with Crippen LogP contribution in [-0.4, -0.2) is 35.7 Å². The number of hydrogen-bond donors (Lipinski definition) is 1. The lowest BCUT2D eigenvalue weighted by Crippen LogP contribution is -2.20. The lowest BCUT2D eigenvalue weighted by Gasteiger charge is -2.11. The molecule has 3 aromatic rings. The first-order valence-electron chi connectivity index (χ1n) is 6.01. The zero-order valence-corrected chi connectivity index (χ0v) is 12.3. The third-order valence-corrected chi connectivity index (χ3v) is 3.17. The Kier molecular flexibility index (Phi) is 3.73. The summed E-state index contributed by atoms with van der Waals surface area (Å²) in [6.07, 6.45) is 6.14. The minimum absolute atomic E-state index is 0.0866. The molecule has 2 aromatic heterocycles. The predicted octanol–water partition coefficient (Wildman–Crippen LogP) is 1.26. The third-order valence-electron chi connectivity index (χ3n) is 2.68. The Morgan fingerprint density at radius 3 is 3.00 bits per heavy atom. The standard InChI is InChI=1S/C12H10BrN7O/c13-9-1-2-11(20-8-14-7-16-20)10(5-9)17-12(21)6-19-4-3-15-18-19/h1-5,7-8H,6H2,(H,17,21). The van der Waals surface area contributed by atoms with E-state index in [1.165, 1.54) is 17.2 Å². The molecule has 1 aromatic carbocycles. The summed E-state index contributed by atoms with van der Waals surface area (Å²) in [6, 6.07) is 5.50. The van der Waals surface area contributed by atoms with E-state index in [1.54, 1.807) is 23.3 Å². The van der Waals surface area contributed by atoms with Crippen molar-refractivity contribution in [2.45, 2.75) is 6.54 Å². The van der Waals surface area contributed by atoms with Crippen molar-refractivity contribution in [3.63, 3.8) is 0 Å². The van der Waals surface area contributed by atoms with E-state index in [4.69, 9.17) is 0 Å². The molecule has 9 heteroatoms. The highest BCUT2D eigenvalue weighted by atomic mass is 79.9. The Labute approximate surface area is 127 Å². The number of rotatable bonds is 4. The molecule has 8 nitrogen and oxygen atoms in total. The zero-order valence-electron chi connectivity index (χ0n) is 10.7. The first-order chi connectivity index (χ1) is 10.2. The summed E-state index contributed by atoms with van der Waals surface area (Å²) in [6.45, 7) is 0.0866. The number of anilines is 1. The molecule has 0 saturated carbocycles. The van der Waals surface area contributed by atoms with Gasteiger partial charge in [0.25, 0.3) is 0 Å². The summed E-state index contributed by atoms with van der Waals surface area (Å²) < 4.78 is 3.88. The molecule has 0 saturated heterocycles. The van der Waals surface area contributed by atoms with Crippen LogP contribution in [0.3, 0.4) is 0 Å². The highest BCUT2D eigenvalue weighted by Gasteiger charge is 2.10. The van der Waals surface area contributed by atoms with Gasteiger partial charge in [0.15, 0.2) is 0 Å². The summed E-state index contributed by atoms with van der Waals surface area (Å²) in [7, 11) is 0. The molecule has 0 unspecified atom stereocenters. The highest BCUT2D eigenvalue weighted by molar-refractivity contribution is 9.10. The Bertz CT molecular complexity index is 739. The predicted molar refractivity (Wildman–Crippen MR) is 77.7 cm³/mol. The van der Waals surface area contributed by atoms with Gasteiger partial charge in [-0.15, -0.1) is 5.10 Å². The Morgan fingerprint density at radius 1 is 1.38 bits per heavy atom. The van der Waals surface area contributed by atoms with Gasteiger partial charge in [0.05, 0.1) is 17.6 Å². The van der Waals surface area contributed by atoms with Gasteiger partial charge < -0.3 is 5.32 Å². The molecule has 0 radical (unpaired) electrons. The molecule has 1 amide bonds. The minimum Gasteiger partial charge on any atom is -0.323 e. The largest absolute Gasteiger partial charge is 0.323 e. The van der Waals surface area contributed by atoms with Gasteiger partial charge in [0.1, 0.15) is 19.2 Å². The normalized spacial score (nSPS) is 10.5. The van der Waals surface area contributed by atoms with Crippen LogP contribution < -0.4 is 5.32 Å². The van der Waals surface area contributed by atoms with Gasteiger partial charge in [0, 0.05) is 10.7 Å². The molecule has 21 heavy (non-hydrogen) atoms. The van der Waals surface area contributed by atoms with Crippen LogP contribution in [-0.2, 0) is 11.3 Å². The zero-order chi connectivity index (χ0) is 14.7. The third kappa shape index (κ3) is 3.14. The smallest absolute Gasteiger partial charge is 0.246 e. The molecule has 0 aliphatic carbocycles. The molecule has 1 N–H and O–H groups in total. The maximum absolute atomic E-state index is 12.1. The lowest BCUT2D eigenvalue weighted by molar-refractivity contribution is -0.116. The van der Waals surface area contributed by atoms with Crippen LogP contribution in [0.4, 0.5) is 5.69 Å². The monoisotopic (exact) mass is 347 g/mol. The van der Waals surface area contributed by atoms with Crippen molar-refractivity contribution in [2.75, 3.05) is 5.32 Å². The van der Waals surface area contributed by atoms with E-state index in [2.05, 4.69) is 41.6 Å². The van der Waals surface area contributed by atoms with E-state index in [0.717, 1.165) is 10.2 Å². The molecule has 2 heterocycles. The summed E-state index contributed by atoms with van der Waals surface area (Å²) in [5, 5.41) is 14.3. The fraction of sp³-hybridized carbons (Fsp3) is 0.0833. The van der Waals surface area contributed by atoms with Crippen LogP contribution in [0, 0.1) is 0 Å². The van der Waals surface area contributed by atoms with E-state index in [9.17, 15) is 4.79 Å². The van der Waals surface area contributed by atoms with Gasteiger partial charge in [-0.3, -0.25) is 4.79 Å². The second-order valence-corrected chi connectivity index (χ2v) is 5.07. The second kappa shape index (κ2) is 5.83. The van der Waals surface area contributed by atoms with Crippen molar-refractivity contribution in [2.24, 2.45) is 0 Å². The first kappa shape index (κ1) is 13.4. The van der Waals surface area contributed by atoms with Crippen LogP contribution in [0.15, 0.2) is 47.7 Å². The van der Waals surface area contributed by atoms with Crippen LogP contribution in [0.2, 0.25) is 0 Å². The average molecular weight is 348 g/mol. The topological polar surface area (TPSA) is 90.5 Å². The van der Waals surface area contributed by atoms with Crippen molar-refractivity contribution in [3.05, 3.63) is 47.7 Å². The Hall–Kier alpha value is -2.55. The van der Waals surface area contributed by atoms with Crippen molar-refractivity contribution in [1.29, 1.82) is 0 Å². The van der Waals surface area contributed by atoms with Gasteiger partial charge in [-0.1, -0.05) is 21.1 Å². The summed E-state index contributed by atoms with van der Waals surface area (Å²) in [5.74, 6) is -0.208. The fourth-order valence-corrected chi connectivity index (χ4v) is 2.16. The van der Waals surface area contributed by atoms with E-state index < -0.39 is 0 Å². The number of nitrogens with zero attached hydrogens (tertiary/aromatic N) is 6. The van der Waals surface area contributed by atoms with E-state index in [-0.39, 0.29) is 12.5 Å². The van der Waals surface area contributed by atoms with E-state index in [0.29, 0.717) is 5.69 Å². The Balaban J connectivity index is 1.84. The number of carbonyl (C=O) groups is 1. The highest BCUT2D eigenvalue weighted by Crippen LogP contribution is 2.24. The van der Waals surface area contributed by atoms with Crippen LogP contribution >= 0.6 is 15.9 Å². The van der Waals surface area contributed by atoms with Crippen LogP contribution in [0.5, 0.6) is 0 Å². The van der Waals surface area contributed by atoms with Gasteiger partial charge in [-0.25, -0.2) is 14.3 Å². The summed E-state index contributed by atoms with van der Waals surface area (Å²) >= 11 is 3.39. The van der Waals surface area contributed by atoms with Crippen LogP contribution in [0.25, 0.3) is 5.69 Å². The molecule has 0 bridgehead atoms. The first-order valence-corrected chi connectivity index (χ1v) is 6.80. The van der Waals surface area contributed by atoms with E-state index >= 15 is 0 Å². The maximum Gasteiger partial charge on any atom is 0.246 e. The molecule has 0 spiro atoms. The van der Waals surface area contributed by atoms with E-state index in [1.807, 2.05) is 12.1 Å². The lowest BCUT2D eigenvalue weighted by atomic mass is 10.2. The number of amides is 1. The number of hydrogen-bond acceptors (Lipinski definition) is 5. The number of benzene rings is 1. The summed E-state index contributed by atoms with van der Waals surface area (Å²) in [4.78, 5) is 16.0. The molecule has 0 fully saturated rings. The number of halogens is 1. The number of carbonyl (C=O) groups excluding carboxylic acids is 1. The SMILES string of the molecule is O=C(Cn1ccnn1)Nc1cc(Br)ccc1-n1cncn1. The molecule has 0 aliphatic heterocycles. The molecular formula is C12H10BrN7O. The van der Waals surface area contributed by atoms with Gasteiger partial charge in [-0.2, -0.15) is 5.10 Å². The van der Waals surface area contributed by atoms with Crippen molar-refractivity contribution >= 4 is 27.5 Å². The minimum atomic E-state index is -0.208. The van der Waals surface area contributed by atoms with Gasteiger partial charge in [0.2, 0.25) is 5.91 Å². The number of nitrogens with one attached hydrogen (secondary N) is 1. The van der Waals surface area contributed by atoms with Crippen molar-refractivity contribution in [1.82, 2.24) is 29.8 Å². The van der Waals surface area contributed by atoms with Gasteiger partial charge >= 0.3 is 0 Å². The maximum atomic E-state index is 12.1. The van der Waals surface area contributed by atoms with Crippen LogP contribution in [0.1, 0.15) is 0 Å². The average Bonchev–Trinajstić information content (AvgIpc) is 3.11. The second-order valence-electron chi connectivity index (χ2n) is 4.15. The van der Waals surface area contributed by atoms with Gasteiger partial charge in [-0.05, 0) is 18.2 Å². The molecule has 106 valence electrons. The summed E-state index contributed by atoms with van der Waals surface area (Å²) in [5.41, 5.74) is 1.35. The van der Waals surface area contributed by atoms with Crippen molar-refractivity contribution in [3.8, 4) is 5.69 Å². The Morgan fingerprint density at radius 2 is 2.29 bits per heavy atom.